The first-order chi connectivity index (χ1) is 12.3. The van der Waals surface area contributed by atoms with Crippen LogP contribution in [-0.4, -0.2) is 5.11 Å². The molecule has 0 unspecified atom stereocenters. The minimum atomic E-state index is 0.273. The molecular formula is C22H18O2S. The lowest BCUT2D eigenvalue weighted by Gasteiger charge is -2.10. The maximum Gasteiger partial charge on any atom is 0.153 e. The van der Waals surface area contributed by atoms with Crippen molar-refractivity contribution in [1.82, 2.24) is 0 Å². The Morgan fingerprint density at radius 2 is 1.68 bits per heavy atom. The second-order valence-corrected chi connectivity index (χ2v) is 6.92. The van der Waals surface area contributed by atoms with Crippen LogP contribution >= 0.6 is 11.3 Å². The smallest absolute Gasteiger partial charge is 0.153 e. The average Bonchev–Trinajstić information content (AvgIpc) is 3.00. The van der Waals surface area contributed by atoms with Crippen LogP contribution in [0.1, 0.15) is 12.5 Å². The number of fused-ring (bicyclic) bond motifs is 1. The summed E-state index contributed by atoms with van der Waals surface area (Å²) in [5, 5.41) is 10.9. The topological polar surface area (TPSA) is 29.5 Å². The lowest BCUT2D eigenvalue weighted by atomic mass is 10.0. The number of aryl methyl sites for hydroxylation is 1. The number of phenolic OH excluding ortho intramolecular Hbond substituents is 1. The number of hydrogen-bond donors (Lipinski definition) is 1. The van der Waals surface area contributed by atoms with Crippen LogP contribution in [0.5, 0.6) is 17.2 Å². The Hall–Kier alpha value is -2.78. The fourth-order valence-corrected chi connectivity index (χ4v) is 4.22. The summed E-state index contributed by atoms with van der Waals surface area (Å²) in [6.45, 7) is 2.16. The van der Waals surface area contributed by atoms with Crippen molar-refractivity contribution < 1.29 is 9.84 Å². The molecule has 0 spiro atoms. The molecule has 0 bridgehead atoms. The molecule has 0 radical (unpaired) electrons. The number of ether oxygens (including phenoxy) is 1. The summed E-state index contributed by atoms with van der Waals surface area (Å²) >= 11 is 1.65. The van der Waals surface area contributed by atoms with Gasteiger partial charge in [-0.15, -0.1) is 11.3 Å². The van der Waals surface area contributed by atoms with Gasteiger partial charge in [0.15, 0.2) is 5.75 Å². The maximum absolute atomic E-state index is 9.86. The fraction of sp³-hybridized carbons (Fsp3) is 0.0909. The summed E-state index contributed by atoms with van der Waals surface area (Å²) in [5.74, 6) is 1.94. The Balaban J connectivity index is 1.95. The lowest BCUT2D eigenvalue weighted by Crippen LogP contribution is -1.88. The van der Waals surface area contributed by atoms with E-state index in [0.29, 0.717) is 0 Å². The van der Waals surface area contributed by atoms with E-state index in [2.05, 4.69) is 31.2 Å². The summed E-state index contributed by atoms with van der Waals surface area (Å²) in [6.07, 6.45) is 0.959. The van der Waals surface area contributed by atoms with Crippen molar-refractivity contribution in [3.05, 3.63) is 78.4 Å². The van der Waals surface area contributed by atoms with Gasteiger partial charge in [0, 0.05) is 10.1 Å². The Bertz CT molecular complexity index is 1020. The highest BCUT2D eigenvalue weighted by Crippen LogP contribution is 2.47. The molecule has 4 aromatic rings. The molecule has 0 aliphatic carbocycles. The van der Waals surface area contributed by atoms with Crippen molar-refractivity contribution in [3.8, 4) is 27.7 Å². The Morgan fingerprint density at radius 1 is 0.920 bits per heavy atom. The van der Waals surface area contributed by atoms with Gasteiger partial charge in [0.25, 0.3) is 0 Å². The van der Waals surface area contributed by atoms with Gasteiger partial charge in [-0.1, -0.05) is 49.4 Å². The molecule has 0 amide bonds. The summed E-state index contributed by atoms with van der Waals surface area (Å²) < 4.78 is 7.31. The summed E-state index contributed by atoms with van der Waals surface area (Å²) in [6, 6.07) is 23.7. The number of para-hydroxylation sites is 1. The van der Waals surface area contributed by atoms with E-state index >= 15 is 0 Å². The van der Waals surface area contributed by atoms with E-state index in [9.17, 15) is 5.11 Å². The molecule has 0 fully saturated rings. The highest BCUT2D eigenvalue weighted by Gasteiger charge is 2.18. The molecule has 3 heteroatoms. The van der Waals surface area contributed by atoms with E-state index in [0.717, 1.165) is 32.9 Å². The molecule has 0 atom stereocenters. The highest BCUT2D eigenvalue weighted by atomic mass is 32.1. The van der Waals surface area contributed by atoms with Crippen LogP contribution in [0.4, 0.5) is 0 Å². The second kappa shape index (κ2) is 6.61. The van der Waals surface area contributed by atoms with Crippen LogP contribution in [0.25, 0.3) is 20.5 Å². The van der Waals surface area contributed by atoms with Crippen LogP contribution in [0.3, 0.4) is 0 Å². The van der Waals surface area contributed by atoms with Gasteiger partial charge in [-0.25, -0.2) is 0 Å². The molecule has 4 rings (SSSR count). The quantitative estimate of drug-likeness (QED) is 0.449. The average molecular weight is 346 g/mol. The van der Waals surface area contributed by atoms with E-state index in [4.69, 9.17) is 4.74 Å². The number of thiophene rings is 1. The normalized spacial score (nSPS) is 10.9. The van der Waals surface area contributed by atoms with Crippen LogP contribution in [-0.2, 0) is 6.42 Å². The molecule has 1 heterocycles. The van der Waals surface area contributed by atoms with Gasteiger partial charge in [-0.3, -0.25) is 0 Å². The zero-order valence-corrected chi connectivity index (χ0v) is 14.7. The fourth-order valence-electron chi connectivity index (χ4n) is 3.00. The molecule has 0 aliphatic rings. The highest BCUT2D eigenvalue weighted by molar-refractivity contribution is 7.22. The number of phenols is 1. The first-order valence-electron chi connectivity index (χ1n) is 8.33. The van der Waals surface area contributed by atoms with Gasteiger partial charge < -0.3 is 9.84 Å². The van der Waals surface area contributed by atoms with Gasteiger partial charge in [-0.05, 0) is 47.9 Å². The molecule has 1 aromatic heterocycles. The Labute approximate surface area is 151 Å². The predicted molar refractivity (Wildman–Crippen MR) is 105 cm³/mol. The standard InChI is InChI=1S/C22H18O2S/c1-2-15-8-6-7-11-18(15)22-21(24-17-9-4-3-5-10-17)19-13-12-16(23)14-20(19)25-22/h3-14,23H,2H2,1H3. The predicted octanol–water partition coefficient (Wildman–Crippen LogP) is 6.63. The van der Waals surface area contributed by atoms with E-state index in [1.807, 2.05) is 36.4 Å². The van der Waals surface area contributed by atoms with Gasteiger partial charge in [0.05, 0.1) is 4.88 Å². The third-order valence-electron chi connectivity index (χ3n) is 4.23. The van der Waals surface area contributed by atoms with Crippen molar-refractivity contribution in [2.24, 2.45) is 0 Å². The van der Waals surface area contributed by atoms with Gasteiger partial charge in [0.2, 0.25) is 0 Å². The monoisotopic (exact) mass is 346 g/mol. The van der Waals surface area contributed by atoms with Gasteiger partial charge in [0.1, 0.15) is 11.5 Å². The zero-order valence-electron chi connectivity index (χ0n) is 13.9. The van der Waals surface area contributed by atoms with Crippen LogP contribution < -0.4 is 4.74 Å². The minimum Gasteiger partial charge on any atom is -0.508 e. The second-order valence-electron chi connectivity index (χ2n) is 5.87. The summed E-state index contributed by atoms with van der Waals surface area (Å²) in [5.41, 5.74) is 2.48. The maximum atomic E-state index is 9.86. The molecule has 1 N–H and O–H groups in total. The zero-order chi connectivity index (χ0) is 17.2. The van der Waals surface area contributed by atoms with E-state index in [-0.39, 0.29) is 5.75 Å². The van der Waals surface area contributed by atoms with Crippen LogP contribution in [0.2, 0.25) is 0 Å². The molecule has 2 nitrogen and oxygen atoms in total. The van der Waals surface area contributed by atoms with Gasteiger partial charge in [-0.2, -0.15) is 0 Å². The summed E-state index contributed by atoms with van der Waals surface area (Å²) in [4.78, 5) is 1.10. The molecular weight excluding hydrogens is 328 g/mol. The van der Waals surface area contributed by atoms with Crippen molar-refractivity contribution in [2.75, 3.05) is 0 Å². The van der Waals surface area contributed by atoms with E-state index in [1.54, 1.807) is 23.5 Å². The Kier molecular flexibility index (Phi) is 4.16. The van der Waals surface area contributed by atoms with Crippen molar-refractivity contribution in [3.63, 3.8) is 0 Å². The van der Waals surface area contributed by atoms with Crippen molar-refractivity contribution in [1.29, 1.82) is 0 Å². The SMILES string of the molecule is CCc1ccccc1-c1sc2cc(O)ccc2c1Oc1ccccc1. The number of benzene rings is 3. The van der Waals surface area contributed by atoms with Crippen LogP contribution in [0, 0.1) is 0 Å². The largest absolute Gasteiger partial charge is 0.508 e. The molecule has 25 heavy (non-hydrogen) atoms. The molecule has 3 aromatic carbocycles. The number of hydrogen-bond acceptors (Lipinski definition) is 3. The number of aromatic hydroxyl groups is 1. The lowest BCUT2D eigenvalue weighted by molar-refractivity contribution is 0.476. The summed E-state index contributed by atoms with van der Waals surface area (Å²) in [7, 11) is 0. The minimum absolute atomic E-state index is 0.273. The van der Waals surface area contributed by atoms with E-state index in [1.165, 1.54) is 11.1 Å². The molecule has 0 saturated heterocycles. The van der Waals surface area contributed by atoms with Gasteiger partial charge >= 0.3 is 0 Å². The number of rotatable bonds is 4. The van der Waals surface area contributed by atoms with Crippen LogP contribution in [0.15, 0.2) is 72.8 Å². The van der Waals surface area contributed by atoms with E-state index < -0.39 is 0 Å². The first-order valence-corrected chi connectivity index (χ1v) is 9.14. The molecule has 0 saturated carbocycles. The van der Waals surface area contributed by atoms with Crippen molar-refractivity contribution >= 4 is 21.4 Å². The molecule has 0 aliphatic heterocycles. The Morgan fingerprint density at radius 3 is 2.48 bits per heavy atom. The first kappa shape index (κ1) is 15.7. The molecule has 124 valence electrons. The van der Waals surface area contributed by atoms with Crippen molar-refractivity contribution in [2.45, 2.75) is 13.3 Å². The third kappa shape index (κ3) is 2.99. The third-order valence-corrected chi connectivity index (χ3v) is 5.40.